The number of benzene rings is 2. The van der Waals surface area contributed by atoms with Crippen LogP contribution < -0.4 is 5.43 Å². The molecular formula is C24H27N3O5. The number of carbonyl (C=O) groups excluding carboxylic acids is 4. The number of hydrogen-bond donors (Lipinski definition) is 1. The number of rotatable bonds is 6. The fourth-order valence-electron chi connectivity index (χ4n) is 3.85. The lowest BCUT2D eigenvalue weighted by Crippen LogP contribution is -2.59. The van der Waals surface area contributed by atoms with E-state index >= 15 is 0 Å². The molecule has 3 amide bonds. The fraction of sp³-hybridized carbons (Fsp3) is 0.333. The molecule has 1 fully saturated rings. The van der Waals surface area contributed by atoms with E-state index in [0.29, 0.717) is 24.9 Å². The minimum Gasteiger partial charge on any atom is -0.467 e. The molecule has 0 bridgehead atoms. The van der Waals surface area contributed by atoms with Gasteiger partial charge in [0.05, 0.1) is 7.11 Å². The summed E-state index contributed by atoms with van der Waals surface area (Å²) in [6.07, 6.45) is 1.32. The van der Waals surface area contributed by atoms with E-state index in [4.69, 9.17) is 4.74 Å². The van der Waals surface area contributed by atoms with Crippen LogP contribution in [0.15, 0.2) is 60.7 Å². The minimum atomic E-state index is -1.09. The van der Waals surface area contributed by atoms with E-state index in [9.17, 15) is 19.2 Å². The zero-order valence-electron chi connectivity index (χ0n) is 18.2. The summed E-state index contributed by atoms with van der Waals surface area (Å²) in [5.74, 6) is -1.92. The summed E-state index contributed by atoms with van der Waals surface area (Å²) in [7, 11) is 1.24. The van der Waals surface area contributed by atoms with Crippen molar-refractivity contribution in [1.29, 1.82) is 0 Å². The number of ether oxygens (including phenoxy) is 1. The minimum absolute atomic E-state index is 0.146. The zero-order valence-corrected chi connectivity index (χ0v) is 18.2. The van der Waals surface area contributed by atoms with Gasteiger partial charge in [0.25, 0.3) is 11.8 Å². The van der Waals surface area contributed by atoms with Gasteiger partial charge in [0.1, 0.15) is 6.04 Å². The van der Waals surface area contributed by atoms with Crippen molar-refractivity contribution in [2.45, 2.75) is 38.3 Å². The Bertz CT molecular complexity index is 964. The summed E-state index contributed by atoms with van der Waals surface area (Å²) in [6.45, 7) is 1.88. The van der Waals surface area contributed by atoms with Gasteiger partial charge in [0.2, 0.25) is 5.91 Å². The molecule has 2 aromatic carbocycles. The molecule has 2 aromatic rings. The monoisotopic (exact) mass is 437 g/mol. The summed E-state index contributed by atoms with van der Waals surface area (Å²) in [4.78, 5) is 52.6. The summed E-state index contributed by atoms with van der Waals surface area (Å²) >= 11 is 0. The van der Waals surface area contributed by atoms with Crippen LogP contribution in [0, 0.1) is 0 Å². The van der Waals surface area contributed by atoms with Gasteiger partial charge < -0.3 is 9.64 Å². The third-order valence-electron chi connectivity index (χ3n) is 5.49. The SMILES string of the molecule is COC(=O)[C@H](Cc1ccccc1)N(NC(=O)[C@@H]1CCCN1C(C)=O)C(=O)c1ccccc1. The predicted octanol–water partition coefficient (Wildman–Crippen LogP) is 1.96. The Morgan fingerprint density at radius 1 is 1.06 bits per heavy atom. The molecule has 32 heavy (non-hydrogen) atoms. The van der Waals surface area contributed by atoms with E-state index in [1.54, 1.807) is 30.3 Å². The van der Waals surface area contributed by atoms with Crippen LogP contribution in [-0.2, 0) is 25.5 Å². The lowest BCUT2D eigenvalue weighted by atomic mass is 10.0. The second-order valence-corrected chi connectivity index (χ2v) is 7.62. The van der Waals surface area contributed by atoms with Crippen LogP contribution in [0.1, 0.15) is 35.7 Å². The summed E-state index contributed by atoms with van der Waals surface area (Å²) in [6, 6.07) is 15.8. The normalized spacial score (nSPS) is 16.2. The summed E-state index contributed by atoms with van der Waals surface area (Å²) in [5, 5.41) is 1.03. The van der Waals surface area contributed by atoms with Crippen LogP contribution in [0.2, 0.25) is 0 Å². The van der Waals surface area contributed by atoms with Crippen molar-refractivity contribution in [1.82, 2.24) is 15.3 Å². The third kappa shape index (κ3) is 5.32. The van der Waals surface area contributed by atoms with Crippen LogP contribution in [0.4, 0.5) is 0 Å². The number of nitrogens with one attached hydrogen (secondary N) is 1. The summed E-state index contributed by atoms with van der Waals surface area (Å²) < 4.78 is 4.97. The molecule has 0 aromatic heterocycles. The van der Waals surface area contributed by atoms with Crippen molar-refractivity contribution in [2.75, 3.05) is 13.7 Å². The number of methoxy groups -OCH3 is 1. The van der Waals surface area contributed by atoms with Gasteiger partial charge in [-0.1, -0.05) is 48.5 Å². The zero-order chi connectivity index (χ0) is 23.1. The number of nitrogens with zero attached hydrogens (tertiary/aromatic N) is 2. The summed E-state index contributed by atoms with van der Waals surface area (Å²) in [5.41, 5.74) is 3.74. The molecule has 0 spiro atoms. The Morgan fingerprint density at radius 2 is 1.69 bits per heavy atom. The lowest BCUT2D eigenvalue weighted by Gasteiger charge is -2.32. The first-order chi connectivity index (χ1) is 15.4. The lowest BCUT2D eigenvalue weighted by molar-refractivity contribution is -0.149. The van der Waals surface area contributed by atoms with Gasteiger partial charge in [-0.2, -0.15) is 0 Å². The number of esters is 1. The first-order valence-electron chi connectivity index (χ1n) is 10.5. The highest BCUT2D eigenvalue weighted by Gasteiger charge is 2.38. The molecule has 2 atom stereocenters. The van der Waals surface area contributed by atoms with E-state index in [0.717, 1.165) is 10.6 Å². The second-order valence-electron chi connectivity index (χ2n) is 7.62. The molecule has 1 heterocycles. The van der Waals surface area contributed by atoms with Crippen molar-refractivity contribution >= 4 is 23.7 Å². The molecule has 0 radical (unpaired) electrons. The highest BCUT2D eigenvalue weighted by atomic mass is 16.5. The number of likely N-dealkylation sites (tertiary alicyclic amines) is 1. The van der Waals surface area contributed by atoms with Crippen LogP contribution in [0.3, 0.4) is 0 Å². The fourth-order valence-corrected chi connectivity index (χ4v) is 3.85. The van der Waals surface area contributed by atoms with E-state index in [1.807, 2.05) is 30.3 Å². The van der Waals surface area contributed by atoms with Gasteiger partial charge in [0, 0.05) is 25.5 Å². The number of hydrazine groups is 1. The standard InChI is InChI=1S/C24H27N3O5/c1-17(28)26-15-9-14-20(26)22(29)25-27(23(30)19-12-7-4-8-13-19)21(24(31)32-2)16-18-10-5-3-6-11-18/h3-8,10-13,20-21H,9,14-16H2,1-2H3,(H,25,29)/t20-,21-/m0/s1. The molecule has 1 aliphatic heterocycles. The van der Waals surface area contributed by atoms with Crippen molar-refractivity contribution in [3.8, 4) is 0 Å². The number of amides is 3. The molecule has 1 aliphatic rings. The largest absolute Gasteiger partial charge is 0.467 e. The van der Waals surface area contributed by atoms with E-state index in [1.165, 1.54) is 18.9 Å². The molecule has 8 heteroatoms. The van der Waals surface area contributed by atoms with E-state index < -0.39 is 29.9 Å². The molecule has 168 valence electrons. The second kappa shape index (κ2) is 10.6. The Kier molecular flexibility index (Phi) is 7.59. The van der Waals surface area contributed by atoms with Gasteiger partial charge in [-0.25, -0.2) is 9.80 Å². The molecule has 8 nitrogen and oxygen atoms in total. The van der Waals surface area contributed by atoms with Gasteiger partial charge in [-0.15, -0.1) is 0 Å². The maximum Gasteiger partial charge on any atom is 0.331 e. The topological polar surface area (TPSA) is 96.0 Å². The Morgan fingerprint density at radius 3 is 2.28 bits per heavy atom. The maximum absolute atomic E-state index is 13.4. The number of carbonyl (C=O) groups is 4. The molecular weight excluding hydrogens is 410 g/mol. The molecule has 0 aliphatic carbocycles. The Hall–Kier alpha value is -3.68. The average Bonchev–Trinajstić information content (AvgIpc) is 3.32. The van der Waals surface area contributed by atoms with Crippen molar-refractivity contribution in [2.24, 2.45) is 0 Å². The van der Waals surface area contributed by atoms with Gasteiger partial charge in [-0.3, -0.25) is 19.8 Å². The van der Waals surface area contributed by atoms with E-state index in [2.05, 4.69) is 5.43 Å². The highest BCUT2D eigenvalue weighted by Crippen LogP contribution is 2.19. The Balaban J connectivity index is 1.94. The van der Waals surface area contributed by atoms with Crippen molar-refractivity contribution in [3.63, 3.8) is 0 Å². The van der Waals surface area contributed by atoms with E-state index in [-0.39, 0.29) is 12.3 Å². The van der Waals surface area contributed by atoms with Crippen LogP contribution in [0.25, 0.3) is 0 Å². The Labute approximate surface area is 187 Å². The van der Waals surface area contributed by atoms with Crippen LogP contribution >= 0.6 is 0 Å². The van der Waals surface area contributed by atoms with Crippen LogP contribution in [-0.4, -0.2) is 59.3 Å². The van der Waals surface area contributed by atoms with Crippen molar-refractivity contribution < 1.29 is 23.9 Å². The van der Waals surface area contributed by atoms with Gasteiger partial charge in [0.15, 0.2) is 6.04 Å². The first kappa shape index (κ1) is 23.0. The molecule has 0 unspecified atom stereocenters. The smallest absolute Gasteiger partial charge is 0.331 e. The number of hydrogen-bond acceptors (Lipinski definition) is 5. The molecule has 0 saturated carbocycles. The van der Waals surface area contributed by atoms with Crippen LogP contribution in [0.5, 0.6) is 0 Å². The first-order valence-corrected chi connectivity index (χ1v) is 10.5. The highest BCUT2D eigenvalue weighted by molar-refractivity contribution is 5.98. The molecule has 1 N–H and O–H groups in total. The molecule has 1 saturated heterocycles. The third-order valence-corrected chi connectivity index (χ3v) is 5.49. The quantitative estimate of drug-likeness (QED) is 0.551. The molecule has 3 rings (SSSR count). The maximum atomic E-state index is 13.4. The van der Waals surface area contributed by atoms with Gasteiger partial charge >= 0.3 is 5.97 Å². The van der Waals surface area contributed by atoms with Crippen molar-refractivity contribution in [3.05, 3.63) is 71.8 Å². The predicted molar refractivity (Wildman–Crippen MR) is 117 cm³/mol. The average molecular weight is 437 g/mol. The van der Waals surface area contributed by atoms with Gasteiger partial charge in [-0.05, 0) is 30.5 Å².